The molecule has 1 N–H and O–H groups in total. The number of aryl methyl sites for hydroxylation is 1. The molecule has 3 heterocycles. The number of amides is 1. The second kappa shape index (κ2) is 7.52. The third-order valence-electron chi connectivity index (χ3n) is 5.05. The van der Waals surface area contributed by atoms with Gasteiger partial charge in [-0.2, -0.15) is 0 Å². The molecule has 7 heteroatoms. The van der Waals surface area contributed by atoms with Crippen LogP contribution < -0.4 is 10.9 Å². The Bertz CT molecular complexity index is 1530. The molecule has 0 saturated heterocycles. The number of nitrogens with zero attached hydrogens (tertiary/aromatic N) is 2. The van der Waals surface area contributed by atoms with Crippen molar-refractivity contribution in [1.82, 2.24) is 9.38 Å². The van der Waals surface area contributed by atoms with Crippen LogP contribution in [0.3, 0.4) is 0 Å². The maximum Gasteiger partial charge on any atom is 0.349 e. The Morgan fingerprint density at radius 1 is 1.06 bits per heavy atom. The van der Waals surface area contributed by atoms with Gasteiger partial charge in [-0.1, -0.05) is 34.1 Å². The number of hydrogen-bond donors (Lipinski definition) is 1. The number of carbonyl (C=O) groups is 1. The van der Waals surface area contributed by atoms with Crippen molar-refractivity contribution in [1.29, 1.82) is 0 Å². The standard InChI is InChI=1S/C24H16BrN3O3/c1-14-4-2-7-22-27-20(13-28(14)22)15-5-3-6-18(11-15)26-23(29)19-12-16-10-17(25)8-9-21(16)31-24(19)30/h2-13H,1H3,(H,26,29). The number of fused-ring (bicyclic) bond motifs is 2. The van der Waals surface area contributed by atoms with Crippen LogP contribution in [0.2, 0.25) is 0 Å². The molecule has 1 amide bonds. The lowest BCUT2D eigenvalue weighted by molar-refractivity contribution is 0.102. The first-order chi connectivity index (χ1) is 15.0. The molecule has 152 valence electrons. The van der Waals surface area contributed by atoms with Gasteiger partial charge >= 0.3 is 5.63 Å². The van der Waals surface area contributed by atoms with Crippen molar-refractivity contribution in [2.24, 2.45) is 0 Å². The molecule has 0 aliphatic heterocycles. The number of halogens is 1. The molecular formula is C24H16BrN3O3. The summed E-state index contributed by atoms with van der Waals surface area (Å²) in [6.07, 6.45) is 1.96. The van der Waals surface area contributed by atoms with Gasteiger partial charge in [0.2, 0.25) is 0 Å². The van der Waals surface area contributed by atoms with Crippen molar-refractivity contribution >= 4 is 44.1 Å². The zero-order valence-corrected chi connectivity index (χ0v) is 18.0. The SMILES string of the molecule is Cc1cccc2nc(-c3cccc(NC(=O)c4cc5cc(Br)ccc5oc4=O)c3)cn12. The molecular weight excluding hydrogens is 458 g/mol. The highest BCUT2D eigenvalue weighted by Crippen LogP contribution is 2.24. The number of nitrogens with one attached hydrogen (secondary N) is 1. The van der Waals surface area contributed by atoms with Gasteiger partial charge in [0.15, 0.2) is 0 Å². The molecule has 0 bridgehead atoms. The van der Waals surface area contributed by atoms with E-state index in [1.165, 1.54) is 6.07 Å². The third kappa shape index (κ3) is 3.64. The van der Waals surface area contributed by atoms with Gasteiger partial charge in [-0.15, -0.1) is 0 Å². The first kappa shape index (κ1) is 19.3. The molecule has 0 fully saturated rings. The van der Waals surface area contributed by atoms with Crippen LogP contribution in [0.1, 0.15) is 16.1 Å². The van der Waals surface area contributed by atoms with E-state index in [2.05, 4.69) is 26.2 Å². The van der Waals surface area contributed by atoms with Crippen LogP contribution in [-0.2, 0) is 0 Å². The van der Waals surface area contributed by atoms with Gasteiger partial charge in [0.25, 0.3) is 5.91 Å². The van der Waals surface area contributed by atoms with E-state index in [1.54, 1.807) is 24.3 Å². The lowest BCUT2D eigenvalue weighted by Crippen LogP contribution is -2.20. The first-order valence-corrected chi connectivity index (χ1v) is 10.4. The van der Waals surface area contributed by atoms with E-state index in [0.717, 1.165) is 27.1 Å². The van der Waals surface area contributed by atoms with Crippen molar-refractivity contribution in [3.63, 3.8) is 0 Å². The summed E-state index contributed by atoms with van der Waals surface area (Å²) < 4.78 is 8.14. The summed E-state index contributed by atoms with van der Waals surface area (Å²) in [5.41, 5.74) is 3.83. The van der Waals surface area contributed by atoms with Gasteiger partial charge < -0.3 is 14.1 Å². The summed E-state index contributed by atoms with van der Waals surface area (Å²) in [7, 11) is 0. The quantitative estimate of drug-likeness (QED) is 0.354. The van der Waals surface area contributed by atoms with E-state index in [0.29, 0.717) is 16.7 Å². The van der Waals surface area contributed by atoms with E-state index < -0.39 is 11.5 Å². The molecule has 3 aromatic heterocycles. The van der Waals surface area contributed by atoms with Crippen molar-refractivity contribution in [3.8, 4) is 11.3 Å². The molecule has 0 aliphatic rings. The van der Waals surface area contributed by atoms with Crippen LogP contribution >= 0.6 is 15.9 Å². The molecule has 5 aromatic rings. The Morgan fingerprint density at radius 3 is 2.74 bits per heavy atom. The third-order valence-corrected chi connectivity index (χ3v) is 5.54. The second-order valence-electron chi connectivity index (χ2n) is 7.19. The van der Waals surface area contributed by atoms with Crippen molar-refractivity contribution in [3.05, 3.63) is 99.1 Å². The number of pyridine rings is 1. The van der Waals surface area contributed by atoms with E-state index >= 15 is 0 Å². The van der Waals surface area contributed by atoms with Gasteiger partial charge in [-0.3, -0.25) is 4.79 Å². The van der Waals surface area contributed by atoms with Crippen molar-refractivity contribution in [2.75, 3.05) is 5.32 Å². The summed E-state index contributed by atoms with van der Waals surface area (Å²) in [4.78, 5) is 29.8. The summed E-state index contributed by atoms with van der Waals surface area (Å²) >= 11 is 3.39. The number of hydrogen-bond acceptors (Lipinski definition) is 4. The number of benzene rings is 2. The van der Waals surface area contributed by atoms with Gasteiger partial charge in [0, 0.05) is 33.0 Å². The number of imidazole rings is 1. The van der Waals surface area contributed by atoms with E-state index in [9.17, 15) is 9.59 Å². The van der Waals surface area contributed by atoms with Gasteiger partial charge in [-0.25, -0.2) is 9.78 Å². The zero-order chi connectivity index (χ0) is 21.5. The van der Waals surface area contributed by atoms with Crippen LogP contribution in [0, 0.1) is 6.92 Å². The smallest absolute Gasteiger partial charge is 0.349 e. The highest BCUT2D eigenvalue weighted by Gasteiger charge is 2.15. The Hall–Kier alpha value is -3.71. The average molecular weight is 474 g/mol. The maximum atomic E-state index is 12.8. The predicted octanol–water partition coefficient (Wildman–Crippen LogP) is 5.43. The monoisotopic (exact) mass is 473 g/mol. The van der Waals surface area contributed by atoms with Gasteiger partial charge in [-0.05, 0) is 55.5 Å². The van der Waals surface area contributed by atoms with Gasteiger partial charge in [0.1, 0.15) is 16.8 Å². The summed E-state index contributed by atoms with van der Waals surface area (Å²) in [5.74, 6) is -0.529. The Kier molecular flexibility index (Phi) is 4.67. The van der Waals surface area contributed by atoms with E-state index in [1.807, 2.05) is 53.9 Å². The predicted molar refractivity (Wildman–Crippen MR) is 124 cm³/mol. The van der Waals surface area contributed by atoms with E-state index in [4.69, 9.17) is 4.42 Å². The molecule has 0 spiro atoms. The number of aromatic nitrogens is 2. The van der Waals surface area contributed by atoms with Crippen LogP contribution in [0.25, 0.3) is 27.9 Å². The lowest BCUT2D eigenvalue weighted by Gasteiger charge is -2.07. The minimum absolute atomic E-state index is 0.0562. The highest BCUT2D eigenvalue weighted by atomic mass is 79.9. The molecule has 0 radical (unpaired) electrons. The minimum Gasteiger partial charge on any atom is -0.422 e. The summed E-state index contributed by atoms with van der Waals surface area (Å²) in [6.45, 7) is 2.02. The number of carbonyl (C=O) groups excluding carboxylic acids is 1. The molecule has 6 nitrogen and oxygen atoms in total. The topological polar surface area (TPSA) is 76.6 Å². The molecule has 2 aromatic carbocycles. The minimum atomic E-state index is -0.681. The largest absolute Gasteiger partial charge is 0.422 e. The number of rotatable bonds is 3. The first-order valence-electron chi connectivity index (χ1n) is 9.58. The van der Waals surface area contributed by atoms with Crippen molar-refractivity contribution in [2.45, 2.75) is 6.92 Å². The maximum absolute atomic E-state index is 12.8. The molecule has 0 unspecified atom stereocenters. The Balaban J connectivity index is 1.47. The van der Waals surface area contributed by atoms with Crippen LogP contribution in [0.15, 0.2) is 86.6 Å². The fraction of sp³-hybridized carbons (Fsp3) is 0.0417. The molecule has 5 rings (SSSR count). The lowest BCUT2D eigenvalue weighted by atomic mass is 10.1. The average Bonchev–Trinajstić information content (AvgIpc) is 3.19. The molecule has 0 aliphatic carbocycles. The summed E-state index contributed by atoms with van der Waals surface area (Å²) in [5, 5.41) is 3.45. The molecule has 0 saturated carbocycles. The van der Waals surface area contributed by atoms with Crippen LogP contribution in [0.5, 0.6) is 0 Å². The summed E-state index contributed by atoms with van der Waals surface area (Å²) in [6, 6.07) is 20.1. The number of anilines is 1. The zero-order valence-electron chi connectivity index (χ0n) is 16.4. The Morgan fingerprint density at radius 2 is 1.90 bits per heavy atom. The Labute approximate surface area is 185 Å². The van der Waals surface area contributed by atoms with Crippen LogP contribution in [-0.4, -0.2) is 15.3 Å². The van der Waals surface area contributed by atoms with E-state index in [-0.39, 0.29) is 5.56 Å². The van der Waals surface area contributed by atoms with Crippen LogP contribution in [0.4, 0.5) is 5.69 Å². The second-order valence-corrected chi connectivity index (χ2v) is 8.10. The fourth-order valence-corrected chi connectivity index (χ4v) is 3.87. The highest BCUT2D eigenvalue weighted by molar-refractivity contribution is 9.10. The van der Waals surface area contributed by atoms with Crippen molar-refractivity contribution < 1.29 is 9.21 Å². The normalized spacial score (nSPS) is 11.2. The molecule has 31 heavy (non-hydrogen) atoms. The fourth-order valence-electron chi connectivity index (χ4n) is 3.49. The molecule has 0 atom stereocenters. The van der Waals surface area contributed by atoms with Gasteiger partial charge in [0.05, 0.1) is 5.69 Å².